The average Bonchev–Trinajstić information content (AvgIpc) is 3.19. The molecule has 334 valence electrons. The maximum absolute atomic E-state index is 5.69. The van der Waals surface area contributed by atoms with Crippen molar-refractivity contribution in [2.45, 2.75) is 185 Å². The molecular formula is C58H82N4. The molecule has 0 amide bonds. The normalized spacial score (nSPS) is 13.4. The smallest absolute Gasteiger partial charge is 0.0702 e. The predicted molar refractivity (Wildman–Crippen MR) is 277 cm³/mol. The fourth-order valence-corrected chi connectivity index (χ4v) is 8.51. The molecule has 0 saturated heterocycles. The van der Waals surface area contributed by atoms with E-state index in [0.29, 0.717) is 47.3 Å². The largest absolute Gasteiger partial charge is 0.359 e. The third-order valence-corrected chi connectivity index (χ3v) is 12.0. The summed E-state index contributed by atoms with van der Waals surface area (Å²) in [5.41, 5.74) is 19.4. The number of benzene rings is 4. The number of hydrogen-bond acceptors (Lipinski definition) is 4. The number of anilines is 2. The molecule has 4 heteroatoms. The van der Waals surface area contributed by atoms with Crippen LogP contribution < -0.4 is 10.6 Å². The molecule has 0 aromatic heterocycles. The molecule has 4 aromatic rings. The van der Waals surface area contributed by atoms with Crippen LogP contribution >= 0.6 is 0 Å². The maximum atomic E-state index is 5.69. The standard InChI is InChI=1S/C58H82N4/c1-35(2)47-23-19-24-48(36(3)4)55(47)59-43(17)33-45(61-57-51(39(9)10)27-21-28-52(57)40(11)12)31-32-46(62-58-53(41(13)14)29-22-30-54(58)42(15)16)34-44(18)60-56-49(37(5)6)25-20-26-50(56)38(7)8/h19-30,33-42,59,62H,31-32H2,1-18H3. The van der Waals surface area contributed by atoms with Crippen LogP contribution in [0.2, 0.25) is 0 Å². The maximum Gasteiger partial charge on any atom is 0.0702 e. The van der Waals surface area contributed by atoms with E-state index < -0.39 is 0 Å². The summed E-state index contributed by atoms with van der Waals surface area (Å²) in [6.45, 7) is 40.9. The van der Waals surface area contributed by atoms with Gasteiger partial charge in [0.1, 0.15) is 0 Å². The first kappa shape index (κ1) is 50.0. The summed E-state index contributed by atoms with van der Waals surface area (Å²) >= 11 is 0. The fourth-order valence-electron chi connectivity index (χ4n) is 8.51. The lowest BCUT2D eigenvalue weighted by atomic mass is 9.92. The van der Waals surface area contributed by atoms with Crippen molar-refractivity contribution in [2.24, 2.45) is 9.98 Å². The van der Waals surface area contributed by atoms with E-state index in [0.717, 1.165) is 47.0 Å². The zero-order valence-electron chi connectivity index (χ0n) is 42.0. The Hall–Kier alpha value is -4.70. The van der Waals surface area contributed by atoms with E-state index in [4.69, 9.17) is 9.98 Å². The van der Waals surface area contributed by atoms with Gasteiger partial charge in [0.15, 0.2) is 0 Å². The molecule has 0 saturated carbocycles. The monoisotopic (exact) mass is 835 g/mol. The highest BCUT2D eigenvalue weighted by Gasteiger charge is 2.20. The van der Waals surface area contributed by atoms with Gasteiger partial charge in [0, 0.05) is 34.2 Å². The molecular weight excluding hydrogens is 753 g/mol. The van der Waals surface area contributed by atoms with Gasteiger partial charge >= 0.3 is 0 Å². The summed E-state index contributed by atoms with van der Waals surface area (Å²) in [6.07, 6.45) is 6.09. The molecule has 0 fully saturated rings. The van der Waals surface area contributed by atoms with Crippen LogP contribution in [0.1, 0.15) is 229 Å². The van der Waals surface area contributed by atoms with Gasteiger partial charge in [-0.3, -0.25) is 9.98 Å². The second-order valence-corrected chi connectivity index (χ2v) is 20.0. The van der Waals surface area contributed by atoms with Crippen LogP contribution in [0.3, 0.4) is 0 Å². The van der Waals surface area contributed by atoms with Crippen LogP contribution in [0.25, 0.3) is 0 Å². The van der Waals surface area contributed by atoms with Gasteiger partial charge in [-0.1, -0.05) is 184 Å². The van der Waals surface area contributed by atoms with Crippen molar-refractivity contribution < 1.29 is 0 Å². The summed E-state index contributed by atoms with van der Waals surface area (Å²) < 4.78 is 0. The van der Waals surface area contributed by atoms with Crippen LogP contribution in [0.15, 0.2) is 106 Å². The Labute approximate surface area is 379 Å². The van der Waals surface area contributed by atoms with Crippen LogP contribution in [-0.4, -0.2) is 11.4 Å². The molecule has 4 rings (SSSR count). The van der Waals surface area contributed by atoms with Crippen LogP contribution in [0.5, 0.6) is 0 Å². The zero-order chi connectivity index (χ0) is 46.0. The number of rotatable bonds is 19. The van der Waals surface area contributed by atoms with Crippen LogP contribution in [0.4, 0.5) is 22.7 Å². The third-order valence-electron chi connectivity index (χ3n) is 12.0. The lowest BCUT2D eigenvalue weighted by Crippen LogP contribution is -2.11. The molecule has 0 spiro atoms. The van der Waals surface area contributed by atoms with Gasteiger partial charge in [0.2, 0.25) is 0 Å². The number of allylic oxidation sites excluding steroid dienone is 4. The van der Waals surface area contributed by atoms with Crippen molar-refractivity contribution >= 4 is 34.2 Å². The summed E-state index contributed by atoms with van der Waals surface area (Å²) in [7, 11) is 0. The van der Waals surface area contributed by atoms with Gasteiger partial charge in [0.25, 0.3) is 0 Å². The minimum Gasteiger partial charge on any atom is -0.359 e. The average molecular weight is 835 g/mol. The van der Waals surface area contributed by atoms with Crippen LogP contribution in [-0.2, 0) is 0 Å². The second-order valence-electron chi connectivity index (χ2n) is 20.0. The molecule has 0 aliphatic rings. The van der Waals surface area contributed by atoms with E-state index in [1.807, 2.05) is 0 Å². The SMILES string of the molecule is CC(=CC(CCC(=CC(C)=Nc1c(C(C)C)cccc1C(C)C)Nc1c(C(C)C)cccc1C(C)C)=Nc1c(C(C)C)cccc1C(C)C)Nc1c(C(C)C)cccc1C(C)C. The molecule has 0 unspecified atom stereocenters. The van der Waals surface area contributed by atoms with Gasteiger partial charge in [-0.15, -0.1) is 0 Å². The minimum absolute atomic E-state index is 0.339. The molecule has 4 aromatic carbocycles. The highest BCUT2D eigenvalue weighted by Crippen LogP contribution is 2.39. The first-order valence-electron chi connectivity index (χ1n) is 23.8. The molecule has 62 heavy (non-hydrogen) atoms. The van der Waals surface area contributed by atoms with Crippen molar-refractivity contribution in [3.8, 4) is 0 Å². The summed E-state index contributed by atoms with van der Waals surface area (Å²) in [4.78, 5) is 11.1. The van der Waals surface area contributed by atoms with Gasteiger partial charge < -0.3 is 10.6 Å². The first-order valence-corrected chi connectivity index (χ1v) is 23.8. The highest BCUT2D eigenvalue weighted by molar-refractivity contribution is 5.99. The summed E-state index contributed by atoms with van der Waals surface area (Å²) in [5, 5.41) is 7.99. The van der Waals surface area contributed by atoms with E-state index >= 15 is 0 Å². The molecule has 0 bridgehead atoms. The zero-order valence-corrected chi connectivity index (χ0v) is 42.0. The van der Waals surface area contributed by atoms with Gasteiger partial charge in [-0.25, -0.2) is 0 Å². The summed E-state index contributed by atoms with van der Waals surface area (Å²) in [6, 6.07) is 26.9. The Balaban J connectivity index is 1.98. The Kier molecular flexibility index (Phi) is 18.2. The van der Waals surface area contributed by atoms with E-state index in [2.05, 4.69) is 220 Å². The van der Waals surface area contributed by atoms with Crippen LogP contribution in [0, 0.1) is 0 Å². The van der Waals surface area contributed by atoms with E-state index in [9.17, 15) is 0 Å². The van der Waals surface area contributed by atoms with Gasteiger partial charge in [0.05, 0.1) is 11.4 Å². The number of aliphatic imine (C=N–C) groups is 2. The van der Waals surface area contributed by atoms with E-state index in [1.165, 1.54) is 55.9 Å². The van der Waals surface area contributed by atoms with Crippen molar-refractivity contribution in [2.75, 3.05) is 10.6 Å². The van der Waals surface area contributed by atoms with Crippen molar-refractivity contribution in [3.63, 3.8) is 0 Å². The first-order chi connectivity index (χ1) is 29.2. The molecule has 0 aliphatic carbocycles. The Morgan fingerprint density at radius 3 is 1.05 bits per heavy atom. The molecule has 0 radical (unpaired) electrons. The van der Waals surface area contributed by atoms with Crippen molar-refractivity contribution in [3.05, 3.63) is 141 Å². The van der Waals surface area contributed by atoms with Gasteiger partial charge in [-0.05, 0) is 131 Å². The number of nitrogens with zero attached hydrogens (tertiary/aromatic N) is 2. The Morgan fingerprint density at radius 1 is 0.403 bits per heavy atom. The minimum atomic E-state index is 0.339. The molecule has 0 aliphatic heterocycles. The fraction of sp³-hybridized carbons (Fsp3) is 0.483. The van der Waals surface area contributed by atoms with Gasteiger partial charge in [-0.2, -0.15) is 0 Å². The third kappa shape index (κ3) is 12.9. The lowest BCUT2D eigenvalue weighted by Gasteiger charge is -2.23. The summed E-state index contributed by atoms with van der Waals surface area (Å²) in [5.74, 6) is 2.91. The topological polar surface area (TPSA) is 48.8 Å². The van der Waals surface area contributed by atoms with E-state index in [-0.39, 0.29) is 0 Å². The second kappa shape index (κ2) is 22.6. The molecule has 2 N–H and O–H groups in total. The van der Waals surface area contributed by atoms with Crippen molar-refractivity contribution in [1.82, 2.24) is 0 Å². The molecule has 0 atom stereocenters. The highest BCUT2D eigenvalue weighted by atomic mass is 14.9. The Bertz CT molecular complexity index is 2130. The predicted octanol–water partition coefficient (Wildman–Crippen LogP) is 18.3. The Morgan fingerprint density at radius 2 is 0.710 bits per heavy atom. The lowest BCUT2D eigenvalue weighted by molar-refractivity contribution is 0.832. The van der Waals surface area contributed by atoms with E-state index in [1.54, 1.807) is 0 Å². The number of nitrogens with one attached hydrogen (secondary N) is 2. The molecule has 0 heterocycles. The number of hydrogen-bond donors (Lipinski definition) is 2. The quantitative estimate of drug-likeness (QED) is 0.0925. The number of para-hydroxylation sites is 4. The molecule has 4 nitrogen and oxygen atoms in total. The van der Waals surface area contributed by atoms with Crippen molar-refractivity contribution in [1.29, 1.82) is 0 Å².